The molecule has 8 nitrogen and oxygen atoms in total. The van der Waals surface area contributed by atoms with E-state index in [1.807, 2.05) is 0 Å². The van der Waals surface area contributed by atoms with Crippen molar-refractivity contribution < 1.29 is 29.5 Å². The van der Waals surface area contributed by atoms with E-state index in [1.54, 1.807) is 6.92 Å². The van der Waals surface area contributed by atoms with Crippen LogP contribution in [0.2, 0.25) is 0 Å². The van der Waals surface area contributed by atoms with Gasteiger partial charge in [-0.3, -0.25) is 19.7 Å². The van der Waals surface area contributed by atoms with Crippen LogP contribution in [0, 0.1) is 10.1 Å². The zero-order valence-corrected chi connectivity index (χ0v) is 11.3. The van der Waals surface area contributed by atoms with Crippen LogP contribution in [0.25, 0.3) is 0 Å². The number of carbonyl (C=O) groups is 2. The highest BCUT2D eigenvalue weighted by Gasteiger charge is 2.28. The second-order valence-electron chi connectivity index (χ2n) is 4.21. The number of esters is 1. The van der Waals surface area contributed by atoms with Gasteiger partial charge in [0.25, 0.3) is 5.69 Å². The quantitative estimate of drug-likeness (QED) is 0.329. The van der Waals surface area contributed by atoms with Gasteiger partial charge in [-0.2, -0.15) is 0 Å². The van der Waals surface area contributed by atoms with Gasteiger partial charge in [0.15, 0.2) is 0 Å². The summed E-state index contributed by atoms with van der Waals surface area (Å²) in [5.41, 5.74) is -0.616. The van der Waals surface area contributed by atoms with Crippen LogP contribution < -0.4 is 0 Å². The SMILES string of the molecule is CCOC(=O)CC(O)C(O)c1ccc(C=O)cc1[N+](=O)[O-]. The summed E-state index contributed by atoms with van der Waals surface area (Å²) in [7, 11) is 0. The Morgan fingerprint density at radius 3 is 2.67 bits per heavy atom. The van der Waals surface area contributed by atoms with E-state index < -0.39 is 35.2 Å². The summed E-state index contributed by atoms with van der Waals surface area (Å²) in [6, 6.07) is 3.43. The van der Waals surface area contributed by atoms with Gasteiger partial charge < -0.3 is 14.9 Å². The Balaban J connectivity index is 3.00. The molecular weight excluding hydrogens is 282 g/mol. The zero-order valence-electron chi connectivity index (χ0n) is 11.3. The minimum absolute atomic E-state index is 0.0672. The van der Waals surface area contributed by atoms with Gasteiger partial charge in [-0.1, -0.05) is 6.07 Å². The Bertz CT molecular complexity index is 543. The number of aliphatic hydroxyl groups is 2. The number of rotatable bonds is 7. The average Bonchev–Trinajstić information content (AvgIpc) is 2.45. The van der Waals surface area contributed by atoms with Crippen LogP contribution in [-0.4, -0.2) is 40.1 Å². The van der Waals surface area contributed by atoms with Gasteiger partial charge >= 0.3 is 5.97 Å². The van der Waals surface area contributed by atoms with Gasteiger partial charge in [-0.05, 0) is 13.0 Å². The predicted molar refractivity (Wildman–Crippen MR) is 70.7 cm³/mol. The van der Waals surface area contributed by atoms with Gasteiger partial charge in [0.05, 0.1) is 29.6 Å². The van der Waals surface area contributed by atoms with E-state index in [4.69, 9.17) is 0 Å². The first-order chi connectivity index (χ1) is 9.90. The van der Waals surface area contributed by atoms with E-state index in [-0.39, 0.29) is 17.7 Å². The monoisotopic (exact) mass is 297 g/mol. The molecule has 2 atom stereocenters. The highest BCUT2D eigenvalue weighted by Crippen LogP contribution is 2.29. The number of nitro groups is 1. The summed E-state index contributed by atoms with van der Waals surface area (Å²) >= 11 is 0. The predicted octanol–water partition coefficient (Wildman–Crippen LogP) is 0.755. The van der Waals surface area contributed by atoms with Crippen LogP contribution in [0.4, 0.5) is 5.69 Å². The maximum Gasteiger partial charge on any atom is 0.308 e. The van der Waals surface area contributed by atoms with Crippen molar-refractivity contribution in [3.8, 4) is 0 Å². The average molecular weight is 297 g/mol. The van der Waals surface area contributed by atoms with Crippen molar-refractivity contribution in [2.24, 2.45) is 0 Å². The molecular formula is C13H15NO7. The van der Waals surface area contributed by atoms with Crippen LogP contribution in [0.3, 0.4) is 0 Å². The van der Waals surface area contributed by atoms with Crippen molar-refractivity contribution in [3.05, 3.63) is 39.4 Å². The fourth-order valence-electron chi connectivity index (χ4n) is 1.75. The van der Waals surface area contributed by atoms with Crippen LogP contribution >= 0.6 is 0 Å². The fraction of sp³-hybridized carbons (Fsp3) is 0.385. The molecule has 0 heterocycles. The maximum absolute atomic E-state index is 11.2. The van der Waals surface area contributed by atoms with E-state index in [2.05, 4.69) is 4.74 Å². The molecule has 0 aliphatic heterocycles. The van der Waals surface area contributed by atoms with Crippen molar-refractivity contribution in [1.82, 2.24) is 0 Å². The third kappa shape index (κ3) is 4.33. The normalized spacial score (nSPS) is 13.3. The molecule has 8 heteroatoms. The van der Waals surface area contributed by atoms with Crippen molar-refractivity contribution >= 4 is 17.9 Å². The highest BCUT2D eigenvalue weighted by atomic mass is 16.6. The molecule has 0 amide bonds. The summed E-state index contributed by atoms with van der Waals surface area (Å²) in [5, 5.41) is 30.7. The van der Waals surface area contributed by atoms with Crippen LogP contribution in [-0.2, 0) is 9.53 Å². The summed E-state index contributed by atoms with van der Waals surface area (Å²) < 4.78 is 4.62. The van der Waals surface area contributed by atoms with E-state index in [0.29, 0.717) is 6.29 Å². The lowest BCUT2D eigenvalue weighted by Crippen LogP contribution is -2.23. The van der Waals surface area contributed by atoms with Crippen LogP contribution in [0.5, 0.6) is 0 Å². The van der Waals surface area contributed by atoms with Gasteiger partial charge in [-0.15, -0.1) is 0 Å². The number of hydrogen-bond donors (Lipinski definition) is 2. The molecule has 1 aromatic carbocycles. The van der Waals surface area contributed by atoms with Crippen LogP contribution in [0.15, 0.2) is 18.2 Å². The zero-order chi connectivity index (χ0) is 16.0. The number of aliphatic hydroxyl groups excluding tert-OH is 2. The summed E-state index contributed by atoms with van der Waals surface area (Å²) in [5.74, 6) is -0.726. The Morgan fingerprint density at radius 2 is 2.14 bits per heavy atom. The van der Waals surface area contributed by atoms with Crippen LogP contribution in [0.1, 0.15) is 35.4 Å². The van der Waals surface area contributed by atoms with E-state index in [1.165, 1.54) is 12.1 Å². The molecule has 1 aromatic rings. The van der Waals surface area contributed by atoms with E-state index >= 15 is 0 Å². The second kappa shape index (κ2) is 7.46. The second-order valence-corrected chi connectivity index (χ2v) is 4.21. The number of benzene rings is 1. The van der Waals surface area contributed by atoms with E-state index in [0.717, 1.165) is 6.07 Å². The minimum atomic E-state index is -1.64. The summed E-state index contributed by atoms with van der Waals surface area (Å²) in [6.07, 6.45) is -3.26. The first-order valence-corrected chi connectivity index (χ1v) is 6.16. The smallest absolute Gasteiger partial charge is 0.308 e. The van der Waals surface area contributed by atoms with Crippen molar-refractivity contribution in [2.75, 3.05) is 6.61 Å². The number of nitrogens with zero attached hydrogens (tertiary/aromatic N) is 1. The molecule has 0 saturated carbocycles. The third-order valence-corrected chi connectivity index (χ3v) is 2.75. The topological polar surface area (TPSA) is 127 Å². The Labute approximate surface area is 120 Å². The number of ether oxygens (including phenoxy) is 1. The molecule has 114 valence electrons. The lowest BCUT2D eigenvalue weighted by molar-refractivity contribution is -0.386. The van der Waals surface area contributed by atoms with Crippen molar-refractivity contribution in [2.45, 2.75) is 25.6 Å². The molecule has 0 aromatic heterocycles. The van der Waals surface area contributed by atoms with Crippen molar-refractivity contribution in [1.29, 1.82) is 0 Å². The first-order valence-electron chi connectivity index (χ1n) is 6.16. The standard InChI is InChI=1S/C13H15NO7/c1-2-21-12(17)6-11(16)13(18)9-4-3-8(7-15)5-10(9)14(19)20/h3-5,7,11,13,16,18H,2,6H2,1H3. The number of hydrogen-bond acceptors (Lipinski definition) is 7. The first kappa shape index (κ1) is 16.7. The summed E-state index contributed by atoms with van der Waals surface area (Å²) in [6.45, 7) is 1.71. The molecule has 21 heavy (non-hydrogen) atoms. The van der Waals surface area contributed by atoms with Gasteiger partial charge in [0.2, 0.25) is 0 Å². The Morgan fingerprint density at radius 1 is 1.48 bits per heavy atom. The molecule has 0 aliphatic carbocycles. The van der Waals surface area contributed by atoms with Gasteiger partial charge in [-0.25, -0.2) is 0 Å². The van der Waals surface area contributed by atoms with Gasteiger partial charge in [0.1, 0.15) is 12.4 Å². The summed E-state index contributed by atoms with van der Waals surface area (Å²) in [4.78, 5) is 32.0. The Hall–Kier alpha value is -2.32. The third-order valence-electron chi connectivity index (χ3n) is 2.75. The minimum Gasteiger partial charge on any atom is -0.466 e. The molecule has 2 unspecified atom stereocenters. The molecule has 0 saturated heterocycles. The maximum atomic E-state index is 11.2. The van der Waals surface area contributed by atoms with E-state index in [9.17, 15) is 29.9 Å². The highest BCUT2D eigenvalue weighted by molar-refractivity contribution is 5.76. The molecule has 0 bridgehead atoms. The fourth-order valence-corrected chi connectivity index (χ4v) is 1.75. The Kier molecular flexibility index (Phi) is 5.94. The van der Waals surface area contributed by atoms with Crippen molar-refractivity contribution in [3.63, 3.8) is 0 Å². The lowest BCUT2D eigenvalue weighted by atomic mass is 9.99. The molecule has 0 fully saturated rings. The molecule has 0 radical (unpaired) electrons. The number of nitro benzene ring substituents is 1. The molecule has 0 spiro atoms. The molecule has 0 aliphatic rings. The number of carbonyl (C=O) groups excluding carboxylic acids is 2. The molecule has 1 rings (SSSR count). The van der Waals surface area contributed by atoms with Gasteiger partial charge in [0, 0.05) is 11.6 Å². The number of aldehydes is 1. The lowest BCUT2D eigenvalue weighted by Gasteiger charge is -2.17. The molecule has 2 N–H and O–H groups in total. The largest absolute Gasteiger partial charge is 0.466 e.